The Morgan fingerprint density at radius 1 is 1.44 bits per heavy atom. The zero-order valence-electron chi connectivity index (χ0n) is 11.2. The number of nitrogens with one attached hydrogen (secondary N) is 1. The summed E-state index contributed by atoms with van der Waals surface area (Å²) in [6.45, 7) is 7.13. The maximum absolute atomic E-state index is 11.4. The Balaban J connectivity index is 2.37. The fraction of sp³-hybridized carbons (Fsp3) is 0.750. The first-order chi connectivity index (χ1) is 8.67. The first-order valence-electron chi connectivity index (χ1n) is 6.40. The van der Waals surface area contributed by atoms with Gasteiger partial charge in [-0.1, -0.05) is 31.1 Å². The third kappa shape index (κ3) is 5.10. The predicted molar refractivity (Wildman–Crippen MR) is 71.7 cm³/mol. The Kier molecular flexibility index (Phi) is 6.82. The summed E-state index contributed by atoms with van der Waals surface area (Å²) in [4.78, 5) is 11.4. The van der Waals surface area contributed by atoms with E-state index in [1.165, 1.54) is 24.2 Å². The quantitative estimate of drug-likeness (QED) is 0.735. The Morgan fingerprint density at radius 3 is 2.89 bits per heavy atom. The highest BCUT2D eigenvalue weighted by Crippen LogP contribution is 2.11. The summed E-state index contributed by atoms with van der Waals surface area (Å²) >= 11 is 1.29. The number of carbonyl (C=O) groups is 1. The van der Waals surface area contributed by atoms with Gasteiger partial charge in [-0.3, -0.25) is 0 Å². The van der Waals surface area contributed by atoms with Crippen LogP contribution in [0.1, 0.15) is 54.8 Å². The average Bonchev–Trinajstić information content (AvgIpc) is 2.83. The number of carbonyl (C=O) groups excluding carboxylic acids is 1. The molecule has 0 radical (unpaired) electrons. The smallest absolute Gasteiger partial charge is 0.369 e. The van der Waals surface area contributed by atoms with Gasteiger partial charge < -0.3 is 10.1 Å². The molecule has 1 heterocycles. The zero-order valence-corrected chi connectivity index (χ0v) is 12.0. The third-order valence-corrected chi connectivity index (χ3v) is 3.41. The molecule has 0 fully saturated rings. The molecule has 1 aromatic heterocycles. The lowest BCUT2D eigenvalue weighted by molar-refractivity contribution is 0.0525. The summed E-state index contributed by atoms with van der Waals surface area (Å²) in [5.74, 6) is -0.389. The van der Waals surface area contributed by atoms with E-state index < -0.39 is 0 Å². The monoisotopic (exact) mass is 271 g/mol. The summed E-state index contributed by atoms with van der Waals surface area (Å²) in [6.07, 6.45) is 3.58. The largest absolute Gasteiger partial charge is 0.461 e. The van der Waals surface area contributed by atoms with Crippen LogP contribution in [-0.4, -0.2) is 28.8 Å². The van der Waals surface area contributed by atoms with Gasteiger partial charge in [-0.05, 0) is 20.3 Å². The topological polar surface area (TPSA) is 64.1 Å². The van der Waals surface area contributed by atoms with Crippen LogP contribution in [0, 0.1) is 0 Å². The van der Waals surface area contributed by atoms with E-state index in [0.717, 1.165) is 11.4 Å². The SMILES string of the molecule is CCCCC(C)NCc1nnc(C(=O)OCC)s1. The van der Waals surface area contributed by atoms with Crippen molar-refractivity contribution >= 4 is 17.3 Å². The predicted octanol–water partition coefficient (Wildman–Crippen LogP) is 2.38. The number of unbranched alkanes of at least 4 members (excludes halogenated alkanes) is 1. The van der Waals surface area contributed by atoms with Crippen LogP contribution in [0.2, 0.25) is 0 Å². The van der Waals surface area contributed by atoms with E-state index in [1.54, 1.807) is 6.92 Å². The van der Waals surface area contributed by atoms with Crippen LogP contribution in [0.15, 0.2) is 0 Å². The summed E-state index contributed by atoms with van der Waals surface area (Å²) in [5, 5.41) is 12.3. The van der Waals surface area contributed by atoms with Gasteiger partial charge in [0, 0.05) is 12.6 Å². The van der Waals surface area contributed by atoms with E-state index in [9.17, 15) is 4.79 Å². The molecule has 1 rings (SSSR count). The van der Waals surface area contributed by atoms with Crippen LogP contribution in [-0.2, 0) is 11.3 Å². The van der Waals surface area contributed by atoms with Crippen LogP contribution in [0.25, 0.3) is 0 Å². The van der Waals surface area contributed by atoms with Crippen molar-refractivity contribution in [2.75, 3.05) is 6.61 Å². The van der Waals surface area contributed by atoms with Gasteiger partial charge in [-0.25, -0.2) is 4.79 Å². The van der Waals surface area contributed by atoms with Crippen molar-refractivity contribution in [3.8, 4) is 0 Å². The molecule has 0 bridgehead atoms. The first kappa shape index (κ1) is 15.0. The van der Waals surface area contributed by atoms with E-state index in [4.69, 9.17) is 4.74 Å². The van der Waals surface area contributed by atoms with Gasteiger partial charge in [-0.2, -0.15) is 0 Å². The number of esters is 1. The molecule has 0 saturated carbocycles. The Bertz CT molecular complexity index is 368. The Labute approximate surface area is 112 Å². The highest BCUT2D eigenvalue weighted by Gasteiger charge is 2.13. The highest BCUT2D eigenvalue weighted by molar-refractivity contribution is 7.13. The average molecular weight is 271 g/mol. The van der Waals surface area contributed by atoms with Crippen LogP contribution >= 0.6 is 11.3 Å². The molecule has 6 heteroatoms. The normalized spacial score (nSPS) is 12.4. The number of aromatic nitrogens is 2. The molecular weight excluding hydrogens is 250 g/mol. The van der Waals surface area contributed by atoms with Crippen LogP contribution in [0.4, 0.5) is 0 Å². The fourth-order valence-electron chi connectivity index (χ4n) is 1.47. The molecule has 0 aliphatic carbocycles. The summed E-state index contributed by atoms with van der Waals surface area (Å²) in [6, 6.07) is 0.458. The van der Waals surface area contributed by atoms with Gasteiger partial charge in [0.05, 0.1) is 6.61 Å². The van der Waals surface area contributed by atoms with Crippen molar-refractivity contribution < 1.29 is 9.53 Å². The van der Waals surface area contributed by atoms with Gasteiger partial charge in [0.1, 0.15) is 5.01 Å². The number of nitrogens with zero attached hydrogens (tertiary/aromatic N) is 2. The molecule has 0 spiro atoms. The van der Waals surface area contributed by atoms with Gasteiger partial charge in [0.2, 0.25) is 5.01 Å². The molecule has 0 saturated heterocycles. The molecule has 18 heavy (non-hydrogen) atoms. The minimum atomic E-state index is -0.389. The van der Waals surface area contributed by atoms with Gasteiger partial charge in [0.15, 0.2) is 0 Å². The van der Waals surface area contributed by atoms with Crippen molar-refractivity contribution in [1.29, 1.82) is 0 Å². The fourth-order valence-corrected chi connectivity index (χ4v) is 2.16. The van der Waals surface area contributed by atoms with E-state index in [-0.39, 0.29) is 5.97 Å². The summed E-state index contributed by atoms with van der Waals surface area (Å²) in [5.41, 5.74) is 0. The van der Waals surface area contributed by atoms with Gasteiger partial charge in [0.25, 0.3) is 0 Å². The van der Waals surface area contributed by atoms with Crippen molar-refractivity contribution in [3.63, 3.8) is 0 Å². The second kappa shape index (κ2) is 8.16. The van der Waals surface area contributed by atoms with Crippen molar-refractivity contribution in [1.82, 2.24) is 15.5 Å². The van der Waals surface area contributed by atoms with Crippen molar-refractivity contribution in [2.45, 2.75) is 52.6 Å². The molecule has 0 aromatic carbocycles. The Hall–Kier alpha value is -1.01. The second-order valence-electron chi connectivity index (χ2n) is 4.15. The van der Waals surface area contributed by atoms with E-state index in [1.807, 2.05) is 0 Å². The zero-order chi connectivity index (χ0) is 13.4. The maximum Gasteiger partial charge on any atom is 0.369 e. The van der Waals surface area contributed by atoms with Crippen molar-refractivity contribution in [2.24, 2.45) is 0 Å². The van der Waals surface area contributed by atoms with Crippen molar-refractivity contribution in [3.05, 3.63) is 10.0 Å². The minimum Gasteiger partial charge on any atom is -0.461 e. The van der Waals surface area contributed by atoms with E-state index in [0.29, 0.717) is 24.2 Å². The number of ether oxygens (including phenoxy) is 1. The number of rotatable bonds is 8. The molecule has 1 atom stereocenters. The van der Waals surface area contributed by atoms with Crippen LogP contribution in [0.3, 0.4) is 0 Å². The molecular formula is C12H21N3O2S. The number of hydrogen-bond donors (Lipinski definition) is 1. The highest BCUT2D eigenvalue weighted by atomic mass is 32.1. The third-order valence-electron chi connectivity index (χ3n) is 2.51. The summed E-state index contributed by atoms with van der Waals surface area (Å²) in [7, 11) is 0. The van der Waals surface area contributed by atoms with Gasteiger partial charge >= 0.3 is 5.97 Å². The Morgan fingerprint density at radius 2 is 2.22 bits per heavy atom. The molecule has 102 valence electrons. The molecule has 0 aliphatic rings. The van der Waals surface area contributed by atoms with Crippen LogP contribution < -0.4 is 5.32 Å². The van der Waals surface area contributed by atoms with E-state index >= 15 is 0 Å². The minimum absolute atomic E-state index is 0.329. The molecule has 1 unspecified atom stereocenters. The molecule has 0 aliphatic heterocycles. The number of hydrogen-bond acceptors (Lipinski definition) is 6. The first-order valence-corrected chi connectivity index (χ1v) is 7.21. The molecule has 0 amide bonds. The lowest BCUT2D eigenvalue weighted by atomic mass is 10.1. The molecule has 1 N–H and O–H groups in total. The van der Waals surface area contributed by atoms with Crippen LogP contribution in [0.5, 0.6) is 0 Å². The van der Waals surface area contributed by atoms with Gasteiger partial charge in [-0.15, -0.1) is 10.2 Å². The lowest BCUT2D eigenvalue weighted by Gasteiger charge is -2.11. The lowest BCUT2D eigenvalue weighted by Crippen LogP contribution is -2.25. The molecule has 5 nitrogen and oxygen atoms in total. The van der Waals surface area contributed by atoms with E-state index in [2.05, 4.69) is 29.4 Å². The maximum atomic E-state index is 11.4. The molecule has 1 aromatic rings. The second-order valence-corrected chi connectivity index (χ2v) is 5.21. The standard InChI is InChI=1S/C12H21N3O2S/c1-4-6-7-9(3)13-8-10-14-15-11(18-10)12(16)17-5-2/h9,13H,4-8H2,1-3H3. The summed E-state index contributed by atoms with van der Waals surface area (Å²) < 4.78 is 4.87.